The van der Waals surface area contributed by atoms with E-state index < -0.39 is 0 Å². The predicted octanol–water partition coefficient (Wildman–Crippen LogP) is 3.04. The third-order valence-electron chi connectivity index (χ3n) is 3.34. The quantitative estimate of drug-likeness (QED) is 0.829. The molecule has 3 rings (SSSR count). The summed E-state index contributed by atoms with van der Waals surface area (Å²) in [5.74, 6) is 0. The number of anilines is 2. The monoisotopic (exact) mass is 247 g/mol. The molecule has 2 heterocycles. The number of thiazole rings is 1. The number of fused-ring (bicyclic) bond motifs is 1. The topological polar surface area (TPSA) is 42.1 Å². The average molecular weight is 247 g/mol. The van der Waals surface area contributed by atoms with Crippen molar-refractivity contribution in [1.29, 1.82) is 0 Å². The molecule has 0 atom stereocenters. The second-order valence-electron chi connectivity index (χ2n) is 4.57. The fraction of sp³-hybridized carbons (Fsp3) is 0.462. The molecule has 4 heteroatoms. The van der Waals surface area contributed by atoms with Crippen molar-refractivity contribution in [3.05, 3.63) is 17.7 Å². The summed E-state index contributed by atoms with van der Waals surface area (Å²) in [6.45, 7) is 4.45. The maximum absolute atomic E-state index is 5.93. The molecular weight excluding hydrogens is 230 g/mol. The third-order valence-corrected chi connectivity index (χ3v) is 4.41. The van der Waals surface area contributed by atoms with Crippen molar-refractivity contribution < 1.29 is 0 Å². The molecule has 3 nitrogen and oxygen atoms in total. The van der Waals surface area contributed by atoms with Gasteiger partial charge >= 0.3 is 0 Å². The second kappa shape index (κ2) is 4.18. The maximum atomic E-state index is 5.93. The molecule has 0 bridgehead atoms. The van der Waals surface area contributed by atoms with Gasteiger partial charge in [0.15, 0.2) is 5.13 Å². The van der Waals surface area contributed by atoms with Gasteiger partial charge in [0.05, 0.1) is 10.2 Å². The van der Waals surface area contributed by atoms with E-state index in [0.29, 0.717) is 0 Å². The Labute approximate surface area is 105 Å². The van der Waals surface area contributed by atoms with Crippen LogP contribution in [-0.4, -0.2) is 18.1 Å². The normalized spacial score (nSPS) is 15.9. The Morgan fingerprint density at radius 1 is 1.35 bits per heavy atom. The number of aromatic nitrogens is 1. The van der Waals surface area contributed by atoms with Crippen LogP contribution >= 0.6 is 11.3 Å². The number of nitrogens with zero attached hydrogens (tertiary/aromatic N) is 2. The van der Waals surface area contributed by atoms with Gasteiger partial charge in [-0.05, 0) is 37.0 Å². The highest BCUT2D eigenvalue weighted by molar-refractivity contribution is 7.22. The van der Waals surface area contributed by atoms with Gasteiger partial charge in [-0.25, -0.2) is 4.98 Å². The number of aryl methyl sites for hydroxylation is 1. The molecule has 1 saturated heterocycles. The van der Waals surface area contributed by atoms with Gasteiger partial charge in [0.25, 0.3) is 0 Å². The van der Waals surface area contributed by atoms with Crippen molar-refractivity contribution in [2.45, 2.75) is 26.2 Å². The van der Waals surface area contributed by atoms with E-state index in [1.165, 1.54) is 23.1 Å². The number of nitrogens with two attached hydrogens (primary N) is 1. The number of rotatable bonds is 2. The van der Waals surface area contributed by atoms with Crippen LogP contribution in [0.3, 0.4) is 0 Å². The minimum Gasteiger partial charge on any atom is -0.399 e. The van der Waals surface area contributed by atoms with Gasteiger partial charge in [0, 0.05) is 18.8 Å². The van der Waals surface area contributed by atoms with E-state index in [0.717, 1.165) is 35.8 Å². The first-order valence-corrected chi connectivity index (χ1v) is 7.03. The first-order chi connectivity index (χ1) is 8.28. The van der Waals surface area contributed by atoms with Crippen molar-refractivity contribution in [2.24, 2.45) is 0 Å². The summed E-state index contributed by atoms with van der Waals surface area (Å²) in [5, 5.41) is 1.16. The molecule has 90 valence electrons. The van der Waals surface area contributed by atoms with E-state index in [1.807, 2.05) is 6.07 Å². The Hall–Kier alpha value is -1.29. The lowest BCUT2D eigenvalue weighted by Crippen LogP contribution is -2.16. The average Bonchev–Trinajstić information content (AvgIpc) is 2.95. The molecule has 1 aliphatic heterocycles. The number of nitrogen functional groups attached to an aromatic ring is 1. The summed E-state index contributed by atoms with van der Waals surface area (Å²) in [6.07, 6.45) is 3.57. The lowest BCUT2D eigenvalue weighted by Gasteiger charge is -2.11. The lowest BCUT2D eigenvalue weighted by atomic mass is 10.1. The molecule has 1 aromatic heterocycles. The molecule has 0 amide bonds. The summed E-state index contributed by atoms with van der Waals surface area (Å²) in [6, 6.07) is 4.10. The Bertz CT molecular complexity index is 541. The van der Waals surface area contributed by atoms with Gasteiger partial charge in [-0.3, -0.25) is 0 Å². The van der Waals surface area contributed by atoms with Crippen LogP contribution in [-0.2, 0) is 6.42 Å². The third kappa shape index (κ3) is 1.86. The molecule has 0 saturated carbocycles. The molecule has 1 aliphatic rings. The van der Waals surface area contributed by atoms with Crippen LogP contribution in [0.25, 0.3) is 10.2 Å². The predicted molar refractivity (Wildman–Crippen MR) is 74.9 cm³/mol. The molecule has 2 N–H and O–H groups in total. The highest BCUT2D eigenvalue weighted by atomic mass is 32.1. The first-order valence-electron chi connectivity index (χ1n) is 6.22. The lowest BCUT2D eigenvalue weighted by molar-refractivity contribution is 0.949. The zero-order valence-corrected chi connectivity index (χ0v) is 10.9. The summed E-state index contributed by atoms with van der Waals surface area (Å²) in [4.78, 5) is 7.18. The van der Waals surface area contributed by atoms with Gasteiger partial charge in [-0.2, -0.15) is 0 Å². The second-order valence-corrected chi connectivity index (χ2v) is 5.58. The molecule has 0 unspecified atom stereocenters. The summed E-state index contributed by atoms with van der Waals surface area (Å²) < 4.78 is 1.23. The SMILES string of the molecule is CCc1cc(N)cc2sc(N3CCCC3)nc12. The van der Waals surface area contributed by atoms with Crippen LogP contribution in [0, 0.1) is 0 Å². The highest BCUT2D eigenvalue weighted by Gasteiger charge is 2.17. The Kier molecular flexibility index (Phi) is 2.67. The molecule has 1 aromatic carbocycles. The van der Waals surface area contributed by atoms with E-state index in [1.54, 1.807) is 11.3 Å². The number of hydrogen-bond donors (Lipinski definition) is 1. The van der Waals surface area contributed by atoms with Gasteiger partial charge in [-0.15, -0.1) is 0 Å². The number of benzene rings is 1. The first kappa shape index (κ1) is 10.8. The fourth-order valence-electron chi connectivity index (χ4n) is 2.42. The molecule has 0 radical (unpaired) electrons. The molecule has 2 aromatic rings. The molecule has 0 spiro atoms. The van der Waals surface area contributed by atoms with Crippen LogP contribution in [0.4, 0.5) is 10.8 Å². The summed E-state index contributed by atoms with van der Waals surface area (Å²) in [7, 11) is 0. The van der Waals surface area contributed by atoms with Crippen molar-refractivity contribution in [3.8, 4) is 0 Å². The van der Waals surface area contributed by atoms with Crippen molar-refractivity contribution in [2.75, 3.05) is 23.7 Å². The minimum absolute atomic E-state index is 0.853. The van der Waals surface area contributed by atoms with E-state index >= 15 is 0 Å². The van der Waals surface area contributed by atoms with E-state index in [9.17, 15) is 0 Å². The Balaban J connectivity index is 2.11. The van der Waals surface area contributed by atoms with Crippen LogP contribution in [0.1, 0.15) is 25.3 Å². The van der Waals surface area contributed by atoms with E-state index in [2.05, 4.69) is 17.9 Å². The van der Waals surface area contributed by atoms with Crippen molar-refractivity contribution >= 4 is 32.4 Å². The van der Waals surface area contributed by atoms with Gasteiger partial charge in [0.1, 0.15) is 0 Å². The largest absolute Gasteiger partial charge is 0.399 e. The zero-order chi connectivity index (χ0) is 11.8. The van der Waals surface area contributed by atoms with Gasteiger partial charge in [0.2, 0.25) is 0 Å². The maximum Gasteiger partial charge on any atom is 0.186 e. The highest BCUT2D eigenvalue weighted by Crippen LogP contribution is 2.34. The van der Waals surface area contributed by atoms with Crippen LogP contribution in [0.2, 0.25) is 0 Å². The van der Waals surface area contributed by atoms with Crippen LogP contribution in [0.15, 0.2) is 12.1 Å². The summed E-state index contributed by atoms with van der Waals surface area (Å²) in [5.41, 5.74) is 9.19. The smallest absolute Gasteiger partial charge is 0.186 e. The molecule has 17 heavy (non-hydrogen) atoms. The Morgan fingerprint density at radius 3 is 2.82 bits per heavy atom. The molecular formula is C13H17N3S. The summed E-state index contributed by atoms with van der Waals surface area (Å²) >= 11 is 1.77. The van der Waals surface area contributed by atoms with Crippen molar-refractivity contribution in [1.82, 2.24) is 4.98 Å². The van der Waals surface area contributed by atoms with Crippen molar-refractivity contribution in [3.63, 3.8) is 0 Å². The Morgan fingerprint density at radius 2 is 2.12 bits per heavy atom. The molecule has 1 fully saturated rings. The van der Waals surface area contributed by atoms with Crippen LogP contribution in [0.5, 0.6) is 0 Å². The number of hydrogen-bond acceptors (Lipinski definition) is 4. The minimum atomic E-state index is 0.853. The standard InChI is InChI=1S/C13H17N3S/c1-2-9-7-10(14)8-11-12(9)15-13(17-11)16-5-3-4-6-16/h7-8H,2-6,14H2,1H3. The van der Waals surface area contributed by atoms with Gasteiger partial charge in [-0.1, -0.05) is 18.3 Å². The van der Waals surface area contributed by atoms with E-state index in [-0.39, 0.29) is 0 Å². The fourth-order valence-corrected chi connectivity index (χ4v) is 3.54. The van der Waals surface area contributed by atoms with Crippen LogP contribution < -0.4 is 10.6 Å². The molecule has 0 aliphatic carbocycles. The van der Waals surface area contributed by atoms with Gasteiger partial charge < -0.3 is 10.6 Å². The zero-order valence-electron chi connectivity index (χ0n) is 10.1. The van der Waals surface area contributed by atoms with E-state index in [4.69, 9.17) is 10.7 Å².